The molecule has 2 N–H and O–H groups in total. The highest BCUT2D eigenvalue weighted by Gasteiger charge is 2.18. The van der Waals surface area contributed by atoms with Gasteiger partial charge < -0.3 is 10.6 Å². The van der Waals surface area contributed by atoms with Gasteiger partial charge in [0.15, 0.2) is 0 Å². The van der Waals surface area contributed by atoms with E-state index in [9.17, 15) is 9.59 Å². The molecule has 0 saturated carbocycles. The normalized spacial score (nSPS) is 10.9. The SMILES string of the molecule is CCCNC(=O)c1cncc(C(=O)Nc2c(C(C)C)cccc2C(C)C)c1. The zero-order chi connectivity index (χ0) is 20.0. The standard InChI is InChI=1S/C22H29N3O2/c1-6-10-24-21(26)16-11-17(13-23-12-16)22(27)25-20-18(14(2)3)8-7-9-19(20)15(4)5/h7-9,11-15H,6,10H2,1-5H3,(H,24,26)(H,25,27). The van der Waals surface area contributed by atoms with Gasteiger partial charge in [-0.25, -0.2) is 0 Å². The van der Waals surface area contributed by atoms with Gasteiger partial charge in [-0.1, -0.05) is 52.8 Å². The molecule has 0 aliphatic heterocycles. The van der Waals surface area contributed by atoms with Crippen molar-refractivity contribution in [1.29, 1.82) is 0 Å². The molecule has 0 fully saturated rings. The molecule has 0 bridgehead atoms. The third kappa shape index (κ3) is 5.16. The monoisotopic (exact) mass is 367 g/mol. The van der Waals surface area contributed by atoms with E-state index in [0.29, 0.717) is 17.7 Å². The van der Waals surface area contributed by atoms with E-state index in [-0.39, 0.29) is 23.7 Å². The summed E-state index contributed by atoms with van der Waals surface area (Å²) >= 11 is 0. The maximum absolute atomic E-state index is 12.9. The van der Waals surface area contributed by atoms with Crippen molar-refractivity contribution in [3.8, 4) is 0 Å². The second-order valence-electron chi connectivity index (χ2n) is 7.29. The summed E-state index contributed by atoms with van der Waals surface area (Å²) in [6, 6.07) is 7.69. The maximum Gasteiger partial charge on any atom is 0.257 e. The van der Waals surface area contributed by atoms with Crippen LogP contribution in [0.15, 0.2) is 36.7 Å². The van der Waals surface area contributed by atoms with Crippen molar-refractivity contribution in [1.82, 2.24) is 10.3 Å². The number of para-hydroxylation sites is 1. The van der Waals surface area contributed by atoms with Gasteiger partial charge in [0.25, 0.3) is 11.8 Å². The van der Waals surface area contributed by atoms with E-state index in [1.807, 2.05) is 25.1 Å². The Morgan fingerprint density at radius 2 is 1.52 bits per heavy atom. The van der Waals surface area contributed by atoms with Gasteiger partial charge in [-0.3, -0.25) is 14.6 Å². The zero-order valence-electron chi connectivity index (χ0n) is 16.8. The van der Waals surface area contributed by atoms with Gasteiger partial charge in [0.1, 0.15) is 0 Å². The Labute approximate surface area is 161 Å². The molecule has 1 aromatic heterocycles. The van der Waals surface area contributed by atoms with Crippen LogP contribution in [-0.4, -0.2) is 23.3 Å². The van der Waals surface area contributed by atoms with Crippen LogP contribution in [0.4, 0.5) is 5.69 Å². The molecule has 2 amide bonds. The fourth-order valence-corrected chi connectivity index (χ4v) is 2.91. The molecule has 27 heavy (non-hydrogen) atoms. The number of rotatable bonds is 7. The highest BCUT2D eigenvalue weighted by molar-refractivity contribution is 6.06. The van der Waals surface area contributed by atoms with Crippen molar-refractivity contribution < 1.29 is 9.59 Å². The number of aromatic nitrogens is 1. The summed E-state index contributed by atoms with van der Waals surface area (Å²) in [7, 11) is 0. The molecular formula is C22H29N3O2. The predicted molar refractivity (Wildman–Crippen MR) is 109 cm³/mol. The Balaban J connectivity index is 2.32. The van der Waals surface area contributed by atoms with Gasteiger partial charge >= 0.3 is 0 Å². The quantitative estimate of drug-likeness (QED) is 0.744. The van der Waals surface area contributed by atoms with Crippen LogP contribution in [0.25, 0.3) is 0 Å². The molecule has 0 atom stereocenters. The summed E-state index contributed by atoms with van der Waals surface area (Å²) in [4.78, 5) is 29.1. The topological polar surface area (TPSA) is 71.1 Å². The van der Waals surface area contributed by atoms with Gasteiger partial charge in [-0.15, -0.1) is 0 Å². The first kappa shape index (κ1) is 20.6. The smallest absolute Gasteiger partial charge is 0.257 e. The van der Waals surface area contributed by atoms with E-state index in [1.165, 1.54) is 12.4 Å². The van der Waals surface area contributed by atoms with Gasteiger partial charge in [0, 0.05) is 24.6 Å². The second-order valence-corrected chi connectivity index (χ2v) is 7.29. The highest BCUT2D eigenvalue weighted by Crippen LogP contribution is 2.32. The van der Waals surface area contributed by atoms with E-state index in [1.54, 1.807) is 6.07 Å². The molecule has 1 aromatic carbocycles. The minimum atomic E-state index is -0.261. The molecule has 0 unspecified atom stereocenters. The molecule has 0 aliphatic carbocycles. The lowest BCUT2D eigenvalue weighted by molar-refractivity contribution is 0.0953. The number of carbonyl (C=O) groups excluding carboxylic acids is 2. The molecule has 1 heterocycles. The third-order valence-corrected chi connectivity index (χ3v) is 4.41. The molecule has 0 aliphatic rings. The Bertz CT molecular complexity index is 787. The number of anilines is 1. The van der Waals surface area contributed by atoms with Crippen LogP contribution in [0.3, 0.4) is 0 Å². The van der Waals surface area contributed by atoms with Crippen molar-refractivity contribution in [3.05, 3.63) is 58.9 Å². The summed E-state index contributed by atoms with van der Waals surface area (Å²) in [5.74, 6) is 0.0821. The van der Waals surface area contributed by atoms with Crippen LogP contribution in [0, 0.1) is 0 Å². The lowest BCUT2D eigenvalue weighted by Crippen LogP contribution is -2.24. The number of hydrogen-bond donors (Lipinski definition) is 2. The predicted octanol–water partition coefficient (Wildman–Crippen LogP) is 4.72. The molecule has 2 rings (SSSR count). The van der Waals surface area contributed by atoms with E-state index < -0.39 is 0 Å². The molecule has 0 spiro atoms. The van der Waals surface area contributed by atoms with Crippen LogP contribution >= 0.6 is 0 Å². The van der Waals surface area contributed by atoms with Crippen molar-refractivity contribution in [2.75, 3.05) is 11.9 Å². The first-order valence-electron chi connectivity index (χ1n) is 9.52. The Morgan fingerprint density at radius 3 is 2.04 bits per heavy atom. The van der Waals surface area contributed by atoms with Gasteiger partial charge in [0.05, 0.1) is 11.1 Å². The maximum atomic E-state index is 12.9. The Hall–Kier alpha value is -2.69. The average molecular weight is 367 g/mol. The minimum absolute atomic E-state index is 0.218. The number of carbonyl (C=O) groups is 2. The van der Waals surface area contributed by atoms with Crippen LogP contribution in [0.5, 0.6) is 0 Å². The molecular weight excluding hydrogens is 338 g/mol. The number of benzene rings is 1. The van der Waals surface area contributed by atoms with Crippen LogP contribution in [0.1, 0.15) is 84.7 Å². The largest absolute Gasteiger partial charge is 0.352 e. The van der Waals surface area contributed by atoms with Crippen molar-refractivity contribution in [2.45, 2.75) is 52.9 Å². The van der Waals surface area contributed by atoms with E-state index >= 15 is 0 Å². The molecule has 144 valence electrons. The van der Waals surface area contributed by atoms with Crippen molar-refractivity contribution >= 4 is 17.5 Å². The molecule has 5 nitrogen and oxygen atoms in total. The Morgan fingerprint density at radius 1 is 0.963 bits per heavy atom. The highest BCUT2D eigenvalue weighted by atomic mass is 16.2. The number of hydrogen-bond acceptors (Lipinski definition) is 3. The third-order valence-electron chi connectivity index (χ3n) is 4.41. The second kappa shape index (κ2) is 9.31. The summed E-state index contributed by atoms with van der Waals surface area (Å²) in [5.41, 5.74) is 3.80. The number of nitrogens with zero attached hydrogens (tertiary/aromatic N) is 1. The summed E-state index contributed by atoms with van der Waals surface area (Å²) in [6.45, 7) is 11.0. The summed E-state index contributed by atoms with van der Waals surface area (Å²) in [5, 5.41) is 5.86. The summed E-state index contributed by atoms with van der Waals surface area (Å²) in [6.07, 6.45) is 3.81. The lowest BCUT2D eigenvalue weighted by atomic mass is 9.92. The van der Waals surface area contributed by atoms with E-state index in [2.05, 4.69) is 43.3 Å². The van der Waals surface area contributed by atoms with E-state index in [4.69, 9.17) is 0 Å². The van der Waals surface area contributed by atoms with Crippen LogP contribution in [-0.2, 0) is 0 Å². The fraction of sp³-hybridized carbons (Fsp3) is 0.409. The molecule has 2 aromatic rings. The Kier molecular flexibility index (Phi) is 7.11. The fourth-order valence-electron chi connectivity index (χ4n) is 2.91. The first-order chi connectivity index (χ1) is 12.8. The summed E-state index contributed by atoms with van der Waals surface area (Å²) < 4.78 is 0. The zero-order valence-corrected chi connectivity index (χ0v) is 16.8. The number of nitrogens with one attached hydrogen (secondary N) is 2. The number of pyridine rings is 1. The molecule has 0 radical (unpaired) electrons. The number of amides is 2. The van der Waals surface area contributed by atoms with Crippen molar-refractivity contribution in [2.24, 2.45) is 0 Å². The van der Waals surface area contributed by atoms with Gasteiger partial charge in [0.2, 0.25) is 0 Å². The lowest BCUT2D eigenvalue weighted by Gasteiger charge is -2.20. The van der Waals surface area contributed by atoms with Gasteiger partial charge in [-0.2, -0.15) is 0 Å². The van der Waals surface area contributed by atoms with E-state index in [0.717, 1.165) is 23.2 Å². The van der Waals surface area contributed by atoms with Crippen molar-refractivity contribution in [3.63, 3.8) is 0 Å². The van der Waals surface area contributed by atoms with Crippen LogP contribution < -0.4 is 10.6 Å². The first-order valence-corrected chi connectivity index (χ1v) is 9.52. The minimum Gasteiger partial charge on any atom is -0.352 e. The molecule has 0 saturated heterocycles. The molecule has 5 heteroatoms. The van der Waals surface area contributed by atoms with Gasteiger partial charge in [-0.05, 0) is 35.4 Å². The average Bonchev–Trinajstić information content (AvgIpc) is 2.65. The van der Waals surface area contributed by atoms with Crippen LogP contribution in [0.2, 0.25) is 0 Å².